The first-order valence-corrected chi connectivity index (χ1v) is 7.21. The number of nitrogens with one attached hydrogen (secondary N) is 2. The molecule has 1 aliphatic rings. The molecule has 0 aromatic heterocycles. The van der Waals surface area contributed by atoms with Crippen molar-refractivity contribution in [3.05, 3.63) is 27.1 Å². The number of likely N-dealkylation sites (N-methyl/N-ethyl adjacent to an activating group) is 1. The fraction of sp³-hybridized carbons (Fsp3) is 0.417. The molecule has 2 N–H and O–H groups in total. The van der Waals surface area contributed by atoms with Crippen LogP contribution in [0.1, 0.15) is 0 Å². The minimum Gasteiger partial charge on any atom is -0.379 e. The first-order chi connectivity index (χ1) is 8.61. The standard InChI is InChI=1S/C12H14Br2N2O2/c1-15-11-6-18-5-8(11)12(17)16-10-4-7(13)2-3-9(10)14/h2-4,8,11,15H,5-6H2,1H3,(H,16,17). The highest BCUT2D eigenvalue weighted by atomic mass is 79.9. The van der Waals surface area contributed by atoms with E-state index in [1.54, 1.807) is 0 Å². The van der Waals surface area contributed by atoms with Crippen LogP contribution in [0.2, 0.25) is 0 Å². The summed E-state index contributed by atoms with van der Waals surface area (Å²) in [6, 6.07) is 5.75. The molecule has 0 spiro atoms. The molecule has 1 amide bonds. The molecule has 0 bridgehead atoms. The molecule has 2 unspecified atom stereocenters. The molecule has 18 heavy (non-hydrogen) atoms. The van der Waals surface area contributed by atoms with Gasteiger partial charge < -0.3 is 15.4 Å². The fourth-order valence-electron chi connectivity index (χ4n) is 1.92. The molecule has 0 radical (unpaired) electrons. The number of hydrogen-bond donors (Lipinski definition) is 2. The van der Waals surface area contributed by atoms with Crippen molar-refractivity contribution in [2.24, 2.45) is 5.92 Å². The van der Waals surface area contributed by atoms with Gasteiger partial charge in [-0.25, -0.2) is 0 Å². The second-order valence-electron chi connectivity index (χ2n) is 4.15. The van der Waals surface area contributed by atoms with Crippen molar-refractivity contribution in [3.63, 3.8) is 0 Å². The number of carbonyl (C=O) groups excluding carboxylic acids is 1. The van der Waals surface area contributed by atoms with E-state index in [1.165, 1.54) is 0 Å². The zero-order valence-corrected chi connectivity index (χ0v) is 13.0. The van der Waals surface area contributed by atoms with Crippen molar-refractivity contribution in [2.75, 3.05) is 25.6 Å². The highest BCUT2D eigenvalue weighted by Crippen LogP contribution is 2.27. The Labute approximate surface area is 123 Å². The van der Waals surface area contributed by atoms with Gasteiger partial charge in [-0.15, -0.1) is 0 Å². The van der Waals surface area contributed by atoms with Crippen molar-refractivity contribution >= 4 is 43.5 Å². The first kappa shape index (κ1) is 14.0. The number of rotatable bonds is 3. The smallest absolute Gasteiger partial charge is 0.231 e. The number of benzene rings is 1. The first-order valence-electron chi connectivity index (χ1n) is 5.62. The maximum absolute atomic E-state index is 12.2. The predicted molar refractivity (Wildman–Crippen MR) is 77.6 cm³/mol. The van der Waals surface area contributed by atoms with Gasteiger partial charge in [-0.05, 0) is 41.2 Å². The molecule has 2 atom stereocenters. The van der Waals surface area contributed by atoms with Gasteiger partial charge in [0.2, 0.25) is 5.91 Å². The van der Waals surface area contributed by atoms with Gasteiger partial charge in [0.25, 0.3) is 0 Å². The van der Waals surface area contributed by atoms with E-state index in [-0.39, 0.29) is 17.9 Å². The summed E-state index contributed by atoms with van der Waals surface area (Å²) in [5.74, 6) is -0.175. The monoisotopic (exact) mass is 376 g/mol. The van der Waals surface area contributed by atoms with Crippen molar-refractivity contribution in [1.82, 2.24) is 5.32 Å². The van der Waals surface area contributed by atoms with Crippen LogP contribution in [0.5, 0.6) is 0 Å². The van der Waals surface area contributed by atoms with Crippen LogP contribution in [0.4, 0.5) is 5.69 Å². The Bertz CT molecular complexity index is 454. The van der Waals surface area contributed by atoms with E-state index < -0.39 is 0 Å². The molecule has 4 nitrogen and oxygen atoms in total. The van der Waals surface area contributed by atoms with Crippen LogP contribution in [0.15, 0.2) is 27.1 Å². The zero-order valence-electron chi connectivity index (χ0n) is 9.87. The third-order valence-electron chi connectivity index (χ3n) is 2.97. The van der Waals surface area contributed by atoms with Crippen molar-refractivity contribution in [2.45, 2.75) is 6.04 Å². The average Bonchev–Trinajstić information content (AvgIpc) is 2.82. The van der Waals surface area contributed by atoms with Gasteiger partial charge in [-0.3, -0.25) is 4.79 Å². The Hall–Kier alpha value is -0.430. The van der Waals surface area contributed by atoms with Crippen molar-refractivity contribution in [3.8, 4) is 0 Å². The van der Waals surface area contributed by atoms with Crippen LogP contribution in [-0.2, 0) is 9.53 Å². The van der Waals surface area contributed by atoms with E-state index >= 15 is 0 Å². The lowest BCUT2D eigenvalue weighted by Crippen LogP contribution is -2.39. The molecular weight excluding hydrogens is 364 g/mol. The Morgan fingerprint density at radius 2 is 2.17 bits per heavy atom. The number of hydrogen-bond acceptors (Lipinski definition) is 3. The Morgan fingerprint density at radius 1 is 1.39 bits per heavy atom. The Kier molecular flexibility index (Phi) is 4.77. The number of ether oxygens (including phenoxy) is 1. The predicted octanol–water partition coefficient (Wildman–Crippen LogP) is 2.38. The minimum absolute atomic E-state index is 0.0225. The van der Waals surface area contributed by atoms with E-state index in [2.05, 4.69) is 42.5 Å². The van der Waals surface area contributed by atoms with Crippen LogP contribution in [0.25, 0.3) is 0 Å². The summed E-state index contributed by atoms with van der Waals surface area (Å²) in [7, 11) is 1.84. The number of amides is 1. The second-order valence-corrected chi connectivity index (χ2v) is 5.92. The molecule has 1 aliphatic heterocycles. The summed E-state index contributed by atoms with van der Waals surface area (Å²) in [5, 5.41) is 6.02. The maximum Gasteiger partial charge on any atom is 0.231 e. The molecule has 2 rings (SSSR count). The van der Waals surface area contributed by atoms with Crippen LogP contribution in [-0.4, -0.2) is 32.2 Å². The van der Waals surface area contributed by atoms with Gasteiger partial charge in [0.15, 0.2) is 0 Å². The number of anilines is 1. The summed E-state index contributed by atoms with van der Waals surface area (Å²) in [6.45, 7) is 1.04. The third-order valence-corrected chi connectivity index (χ3v) is 4.16. The lowest BCUT2D eigenvalue weighted by atomic mass is 10.0. The molecule has 6 heteroatoms. The van der Waals surface area contributed by atoms with Gasteiger partial charge in [0.1, 0.15) is 0 Å². The highest BCUT2D eigenvalue weighted by Gasteiger charge is 2.33. The molecule has 1 aromatic rings. The summed E-state index contributed by atoms with van der Waals surface area (Å²) < 4.78 is 7.11. The Morgan fingerprint density at radius 3 is 2.89 bits per heavy atom. The van der Waals surface area contributed by atoms with Gasteiger partial charge in [-0.2, -0.15) is 0 Å². The summed E-state index contributed by atoms with van der Waals surface area (Å²) in [4.78, 5) is 12.2. The van der Waals surface area contributed by atoms with Gasteiger partial charge >= 0.3 is 0 Å². The number of carbonyl (C=O) groups is 1. The molecule has 98 valence electrons. The Balaban J connectivity index is 2.09. The largest absolute Gasteiger partial charge is 0.379 e. The quantitative estimate of drug-likeness (QED) is 0.850. The molecule has 0 aliphatic carbocycles. The van der Waals surface area contributed by atoms with Crippen LogP contribution in [0, 0.1) is 5.92 Å². The summed E-state index contributed by atoms with van der Waals surface area (Å²) in [6.07, 6.45) is 0. The van der Waals surface area contributed by atoms with Crippen LogP contribution < -0.4 is 10.6 Å². The minimum atomic E-state index is -0.152. The maximum atomic E-state index is 12.2. The molecule has 1 saturated heterocycles. The summed E-state index contributed by atoms with van der Waals surface area (Å²) >= 11 is 6.80. The third kappa shape index (κ3) is 3.12. The fourth-order valence-corrected chi connectivity index (χ4v) is 2.62. The molecule has 1 aromatic carbocycles. The molecule has 1 heterocycles. The topological polar surface area (TPSA) is 50.4 Å². The second kappa shape index (κ2) is 6.14. The highest BCUT2D eigenvalue weighted by molar-refractivity contribution is 9.11. The van der Waals surface area contributed by atoms with E-state index in [0.717, 1.165) is 14.6 Å². The zero-order chi connectivity index (χ0) is 13.1. The lowest BCUT2D eigenvalue weighted by molar-refractivity contribution is -0.120. The molecular formula is C12H14Br2N2O2. The molecule has 1 fully saturated rings. The lowest BCUT2D eigenvalue weighted by Gasteiger charge is -2.17. The van der Waals surface area contributed by atoms with E-state index in [9.17, 15) is 4.79 Å². The van der Waals surface area contributed by atoms with Crippen molar-refractivity contribution in [1.29, 1.82) is 0 Å². The van der Waals surface area contributed by atoms with Crippen molar-refractivity contribution < 1.29 is 9.53 Å². The van der Waals surface area contributed by atoms with E-state index in [1.807, 2.05) is 25.2 Å². The van der Waals surface area contributed by atoms with Crippen LogP contribution >= 0.6 is 31.9 Å². The van der Waals surface area contributed by atoms with Gasteiger partial charge in [-0.1, -0.05) is 15.9 Å². The normalized spacial score (nSPS) is 23.1. The molecule has 0 saturated carbocycles. The van der Waals surface area contributed by atoms with E-state index in [0.29, 0.717) is 13.2 Å². The average molecular weight is 378 g/mol. The van der Waals surface area contributed by atoms with Gasteiger partial charge in [0.05, 0.1) is 24.8 Å². The number of halogens is 2. The summed E-state index contributed by atoms with van der Waals surface area (Å²) in [5.41, 5.74) is 0.760. The van der Waals surface area contributed by atoms with Gasteiger partial charge in [0, 0.05) is 15.0 Å². The van der Waals surface area contributed by atoms with E-state index in [4.69, 9.17) is 4.74 Å². The van der Waals surface area contributed by atoms with Crippen LogP contribution in [0.3, 0.4) is 0 Å². The SMILES string of the molecule is CNC1COCC1C(=O)Nc1cc(Br)ccc1Br.